The van der Waals surface area contributed by atoms with Crippen molar-refractivity contribution in [1.82, 2.24) is 9.47 Å². The lowest BCUT2D eigenvalue weighted by atomic mass is 10.0. The molecule has 0 fully saturated rings. The second-order valence-electron chi connectivity index (χ2n) is 6.95. The van der Waals surface area contributed by atoms with Gasteiger partial charge < -0.3 is 19.4 Å². The summed E-state index contributed by atoms with van der Waals surface area (Å²) in [6.07, 6.45) is 0. The average Bonchev–Trinajstić information content (AvgIpc) is 3.15. The molecule has 2 aromatic carbocycles. The van der Waals surface area contributed by atoms with Crippen LogP contribution in [0.5, 0.6) is 5.88 Å². The summed E-state index contributed by atoms with van der Waals surface area (Å²) < 4.78 is 2.66. The fraction of sp³-hybridized carbons (Fsp3) is 0.238. The van der Waals surface area contributed by atoms with E-state index in [2.05, 4.69) is 21.1 Å². The van der Waals surface area contributed by atoms with Crippen LogP contribution in [-0.4, -0.2) is 53.2 Å². The van der Waals surface area contributed by atoms with Crippen molar-refractivity contribution in [2.24, 2.45) is 17.2 Å². The smallest absolute Gasteiger partial charge is 0.201 e. The molecular formula is C21H22BrClN4O2. The van der Waals surface area contributed by atoms with Crippen LogP contribution in [0.1, 0.15) is 11.1 Å². The van der Waals surface area contributed by atoms with Crippen LogP contribution in [0.25, 0.3) is 10.9 Å². The number of nitrogens with zero attached hydrogens (tertiary/aromatic N) is 4. The molecule has 1 aliphatic rings. The normalized spacial score (nSPS) is 14.2. The minimum atomic E-state index is 0. The summed E-state index contributed by atoms with van der Waals surface area (Å²) in [6.45, 7) is 1.23. The van der Waals surface area contributed by atoms with E-state index in [9.17, 15) is 5.11 Å². The summed E-state index contributed by atoms with van der Waals surface area (Å²) in [5.41, 5.74) is 4.53. The van der Waals surface area contributed by atoms with E-state index in [4.69, 9.17) is 9.83 Å². The van der Waals surface area contributed by atoms with E-state index in [-0.39, 0.29) is 18.3 Å². The molecule has 8 heteroatoms. The molecule has 0 saturated carbocycles. The molecule has 0 saturated heterocycles. The van der Waals surface area contributed by atoms with Crippen molar-refractivity contribution in [3.05, 3.63) is 58.1 Å². The molecule has 1 aromatic heterocycles. The van der Waals surface area contributed by atoms with Crippen molar-refractivity contribution in [2.45, 2.75) is 0 Å². The van der Waals surface area contributed by atoms with Crippen LogP contribution in [0, 0.1) is 0 Å². The monoisotopic (exact) mass is 476 g/mol. The summed E-state index contributed by atoms with van der Waals surface area (Å²) >= 11 is 3.58. The van der Waals surface area contributed by atoms with E-state index in [1.165, 1.54) is 0 Å². The van der Waals surface area contributed by atoms with Crippen molar-refractivity contribution in [3.63, 3.8) is 0 Å². The Bertz CT molecular complexity index is 1120. The maximum Gasteiger partial charge on any atom is 0.201 e. The van der Waals surface area contributed by atoms with Gasteiger partial charge in [-0.2, -0.15) is 0 Å². The zero-order valence-electron chi connectivity index (χ0n) is 16.4. The van der Waals surface area contributed by atoms with Gasteiger partial charge in [-0.25, -0.2) is 4.99 Å². The van der Waals surface area contributed by atoms with Crippen molar-refractivity contribution in [3.8, 4) is 5.88 Å². The van der Waals surface area contributed by atoms with Crippen LogP contribution < -0.4 is 0 Å². The number of aromatic hydroxyl groups is 1. The Kier molecular flexibility index (Phi) is 6.31. The third-order valence-electron chi connectivity index (χ3n) is 4.77. The van der Waals surface area contributed by atoms with Crippen molar-refractivity contribution < 1.29 is 9.94 Å². The van der Waals surface area contributed by atoms with E-state index in [0.717, 1.165) is 33.2 Å². The molecule has 6 nitrogen and oxygen atoms in total. The molecule has 152 valence electrons. The average molecular weight is 478 g/mol. The van der Waals surface area contributed by atoms with Gasteiger partial charge >= 0.3 is 0 Å². The lowest BCUT2D eigenvalue weighted by Crippen LogP contribution is -2.18. The highest BCUT2D eigenvalue weighted by Crippen LogP contribution is 2.39. The number of oxime groups is 1. The Morgan fingerprint density at radius 1 is 1.17 bits per heavy atom. The third-order valence-corrected chi connectivity index (χ3v) is 5.41. The van der Waals surface area contributed by atoms with Crippen LogP contribution >= 0.6 is 28.3 Å². The Morgan fingerprint density at radius 3 is 2.69 bits per heavy atom. The van der Waals surface area contributed by atoms with Gasteiger partial charge in [0.1, 0.15) is 18.0 Å². The minimum absolute atomic E-state index is 0. The molecule has 0 spiro atoms. The number of rotatable bonds is 5. The van der Waals surface area contributed by atoms with Gasteiger partial charge in [-0.3, -0.25) is 0 Å². The van der Waals surface area contributed by atoms with Crippen LogP contribution in [0.3, 0.4) is 0 Å². The molecule has 0 atom stereocenters. The predicted octanol–water partition coefficient (Wildman–Crippen LogP) is 4.48. The molecule has 0 amide bonds. The highest BCUT2D eigenvalue weighted by atomic mass is 79.9. The van der Waals surface area contributed by atoms with Crippen molar-refractivity contribution >= 4 is 56.4 Å². The molecule has 0 radical (unpaired) electrons. The number of aromatic nitrogens is 1. The number of likely N-dealkylation sites (N-methyl/N-ethyl adjacent to an activating group) is 1. The number of halogens is 2. The first-order valence-electron chi connectivity index (χ1n) is 8.98. The zero-order chi connectivity index (χ0) is 19.8. The second kappa shape index (κ2) is 8.57. The molecule has 0 aliphatic carbocycles. The van der Waals surface area contributed by atoms with Crippen LogP contribution in [-0.2, 0) is 11.9 Å². The Labute approximate surface area is 184 Å². The first-order valence-corrected chi connectivity index (χ1v) is 9.77. The topological polar surface area (TPSA) is 62.4 Å². The van der Waals surface area contributed by atoms with Gasteiger partial charge in [-0.15, -0.1) is 12.4 Å². The number of hydrogen-bond acceptors (Lipinski definition) is 5. The Hall–Kier alpha value is -2.35. The van der Waals surface area contributed by atoms with Gasteiger partial charge in [-0.1, -0.05) is 35.5 Å². The molecule has 1 aliphatic heterocycles. The highest BCUT2D eigenvalue weighted by molar-refractivity contribution is 9.10. The zero-order valence-corrected chi connectivity index (χ0v) is 18.8. The summed E-state index contributed by atoms with van der Waals surface area (Å²) in [7, 11) is 5.81. The largest absolute Gasteiger partial charge is 0.494 e. The van der Waals surface area contributed by atoms with Gasteiger partial charge in [0.05, 0.1) is 16.8 Å². The summed E-state index contributed by atoms with van der Waals surface area (Å²) in [5.74, 6) is 0.148. The lowest BCUT2D eigenvalue weighted by molar-refractivity contribution is 0.126. The first-order chi connectivity index (χ1) is 13.5. The maximum atomic E-state index is 10.9. The summed E-state index contributed by atoms with van der Waals surface area (Å²) in [6, 6.07) is 13.7. The van der Waals surface area contributed by atoms with Gasteiger partial charge in [-0.05, 0) is 42.2 Å². The number of fused-ring (bicyclic) bond motifs is 2. The number of benzene rings is 2. The van der Waals surface area contributed by atoms with E-state index in [1.54, 1.807) is 4.57 Å². The van der Waals surface area contributed by atoms with Gasteiger partial charge in [0.15, 0.2) is 0 Å². The number of para-hydroxylation sites is 2. The van der Waals surface area contributed by atoms with Gasteiger partial charge in [0, 0.05) is 29.0 Å². The van der Waals surface area contributed by atoms with Crippen molar-refractivity contribution in [1.29, 1.82) is 0 Å². The van der Waals surface area contributed by atoms with Gasteiger partial charge in [0.2, 0.25) is 5.88 Å². The summed E-state index contributed by atoms with van der Waals surface area (Å²) in [4.78, 5) is 12.4. The van der Waals surface area contributed by atoms with Crippen LogP contribution in [0.15, 0.2) is 57.1 Å². The van der Waals surface area contributed by atoms with Crippen LogP contribution in [0.4, 0.5) is 5.69 Å². The quantitative estimate of drug-likeness (QED) is 0.435. The molecule has 3 aromatic rings. The molecule has 0 unspecified atom stereocenters. The number of aryl methyl sites for hydroxylation is 1. The molecule has 4 rings (SSSR count). The fourth-order valence-corrected chi connectivity index (χ4v) is 3.99. The Morgan fingerprint density at radius 2 is 1.93 bits per heavy atom. The minimum Gasteiger partial charge on any atom is -0.494 e. The van der Waals surface area contributed by atoms with E-state index in [0.29, 0.717) is 23.6 Å². The highest BCUT2D eigenvalue weighted by Gasteiger charge is 2.30. The Balaban J connectivity index is 0.00000240. The lowest BCUT2D eigenvalue weighted by Gasteiger charge is -2.09. The molecule has 0 bridgehead atoms. The van der Waals surface area contributed by atoms with E-state index in [1.807, 2.05) is 68.5 Å². The van der Waals surface area contributed by atoms with E-state index >= 15 is 0 Å². The molecule has 29 heavy (non-hydrogen) atoms. The molecular weight excluding hydrogens is 456 g/mol. The maximum absolute atomic E-state index is 10.9. The molecule has 2 heterocycles. The van der Waals surface area contributed by atoms with Gasteiger partial charge in [0.25, 0.3) is 0 Å². The molecule has 1 N–H and O–H groups in total. The van der Waals surface area contributed by atoms with Crippen LogP contribution in [0.2, 0.25) is 0 Å². The third kappa shape index (κ3) is 3.77. The SMILES string of the molecule is CN(C)CCO/N=C1/C(c2c(O)n(C)c3c(Br)cccc23)=Nc2ccccc21.Cl. The summed E-state index contributed by atoms with van der Waals surface area (Å²) in [5, 5.41) is 16.2. The van der Waals surface area contributed by atoms with Crippen molar-refractivity contribution in [2.75, 3.05) is 27.2 Å². The number of aliphatic imine (C=N–C) groups is 1. The predicted molar refractivity (Wildman–Crippen MR) is 123 cm³/mol. The first kappa shape index (κ1) is 21.4. The fourth-order valence-electron chi connectivity index (χ4n) is 3.36. The second-order valence-corrected chi connectivity index (χ2v) is 7.80. The van der Waals surface area contributed by atoms with E-state index < -0.39 is 0 Å². The standard InChI is InChI=1S/C21H21BrN4O2.ClH/c1-25(2)11-12-28-24-18-13-7-4-5-10-16(13)23-19(18)17-14-8-6-9-15(22)20(14)26(3)21(17)27;/h4-10,27H,11-12H2,1-3H3;1H/b24-18+;. The number of hydrogen-bond donors (Lipinski definition) is 1.